The minimum absolute atomic E-state index is 0.533. The van der Waals surface area contributed by atoms with Crippen molar-refractivity contribution in [2.75, 3.05) is 0 Å². The minimum atomic E-state index is 0.533. The van der Waals surface area contributed by atoms with Gasteiger partial charge in [0.15, 0.2) is 0 Å². The monoisotopic (exact) mass is 278 g/mol. The van der Waals surface area contributed by atoms with E-state index in [0.29, 0.717) is 5.15 Å². The van der Waals surface area contributed by atoms with Crippen LogP contribution in [0.2, 0.25) is 5.15 Å². The van der Waals surface area contributed by atoms with Crippen molar-refractivity contribution in [3.63, 3.8) is 0 Å². The molecule has 0 bridgehead atoms. The van der Waals surface area contributed by atoms with E-state index in [-0.39, 0.29) is 0 Å². The molecule has 4 rings (SSSR count). The van der Waals surface area contributed by atoms with E-state index in [4.69, 9.17) is 11.6 Å². The Bertz CT molecular complexity index is 924. The number of rotatable bonds is 1. The molecule has 0 fully saturated rings. The molecule has 0 saturated carbocycles. The molecule has 4 aromatic rings. The third-order valence-electron chi connectivity index (χ3n) is 3.58. The number of para-hydroxylation sites is 1. The van der Waals surface area contributed by atoms with Crippen molar-refractivity contribution in [3.05, 3.63) is 65.9 Å². The van der Waals surface area contributed by atoms with Crippen LogP contribution < -0.4 is 0 Å². The molecule has 0 radical (unpaired) electrons. The molecule has 2 nitrogen and oxygen atoms in total. The summed E-state index contributed by atoms with van der Waals surface area (Å²) in [7, 11) is 0. The Hall–Kier alpha value is -2.32. The van der Waals surface area contributed by atoms with Crippen molar-refractivity contribution in [1.29, 1.82) is 0 Å². The number of nitrogens with one attached hydrogen (secondary N) is 1. The molecular weight excluding hydrogens is 268 g/mol. The van der Waals surface area contributed by atoms with E-state index >= 15 is 0 Å². The first-order valence-electron chi connectivity index (χ1n) is 6.45. The van der Waals surface area contributed by atoms with Gasteiger partial charge in [-0.3, -0.25) is 0 Å². The molecule has 0 saturated heterocycles. The summed E-state index contributed by atoms with van der Waals surface area (Å²) in [4.78, 5) is 7.63. The number of aromatic amines is 1. The summed E-state index contributed by atoms with van der Waals surface area (Å²) >= 11 is 6.26. The van der Waals surface area contributed by atoms with Gasteiger partial charge in [-0.2, -0.15) is 0 Å². The number of aromatic nitrogens is 2. The average Bonchev–Trinajstić information content (AvgIpc) is 2.86. The maximum absolute atomic E-state index is 6.26. The van der Waals surface area contributed by atoms with Gasteiger partial charge in [0.1, 0.15) is 5.15 Å². The highest BCUT2D eigenvalue weighted by Gasteiger charge is 2.12. The van der Waals surface area contributed by atoms with Gasteiger partial charge < -0.3 is 4.98 Å². The number of hydrogen-bond donors (Lipinski definition) is 1. The van der Waals surface area contributed by atoms with Crippen molar-refractivity contribution in [2.24, 2.45) is 0 Å². The second kappa shape index (κ2) is 4.36. The van der Waals surface area contributed by atoms with Crippen LogP contribution in [-0.2, 0) is 0 Å². The zero-order valence-corrected chi connectivity index (χ0v) is 11.4. The lowest BCUT2D eigenvalue weighted by Crippen LogP contribution is -1.83. The molecule has 0 aliphatic heterocycles. The fraction of sp³-hybridized carbons (Fsp3) is 0. The molecule has 0 aliphatic rings. The van der Waals surface area contributed by atoms with Crippen molar-refractivity contribution in [3.8, 4) is 11.1 Å². The second-order valence-electron chi connectivity index (χ2n) is 4.74. The van der Waals surface area contributed by atoms with Gasteiger partial charge in [0, 0.05) is 33.6 Å². The van der Waals surface area contributed by atoms with Crippen LogP contribution in [0, 0.1) is 0 Å². The second-order valence-corrected chi connectivity index (χ2v) is 5.10. The highest BCUT2D eigenvalue weighted by molar-refractivity contribution is 6.33. The van der Waals surface area contributed by atoms with Crippen LogP contribution in [0.3, 0.4) is 0 Å². The smallest absolute Gasteiger partial charge is 0.136 e. The molecule has 0 amide bonds. The quantitative estimate of drug-likeness (QED) is 0.486. The summed E-state index contributed by atoms with van der Waals surface area (Å²) in [6.45, 7) is 0. The minimum Gasteiger partial charge on any atom is -0.354 e. The number of benzene rings is 2. The average molecular weight is 279 g/mol. The molecule has 2 aromatic carbocycles. The molecule has 2 aromatic heterocycles. The maximum Gasteiger partial charge on any atom is 0.136 e. The Morgan fingerprint density at radius 1 is 0.800 bits per heavy atom. The largest absolute Gasteiger partial charge is 0.354 e. The van der Waals surface area contributed by atoms with E-state index in [0.717, 1.165) is 22.2 Å². The SMILES string of the molecule is Clc1ncccc1-c1cccc2[nH]c3ccccc3c12. The van der Waals surface area contributed by atoms with E-state index in [1.165, 1.54) is 10.8 Å². The van der Waals surface area contributed by atoms with Gasteiger partial charge in [0.2, 0.25) is 0 Å². The van der Waals surface area contributed by atoms with Crippen molar-refractivity contribution in [2.45, 2.75) is 0 Å². The van der Waals surface area contributed by atoms with Gasteiger partial charge in [-0.15, -0.1) is 0 Å². The Morgan fingerprint density at radius 3 is 2.50 bits per heavy atom. The highest BCUT2D eigenvalue weighted by atomic mass is 35.5. The van der Waals surface area contributed by atoms with E-state index < -0.39 is 0 Å². The first kappa shape index (κ1) is 11.5. The summed E-state index contributed by atoms with van der Waals surface area (Å²) in [6, 6.07) is 18.4. The van der Waals surface area contributed by atoms with E-state index in [9.17, 15) is 0 Å². The number of pyridine rings is 1. The van der Waals surface area contributed by atoms with Gasteiger partial charge in [0.05, 0.1) is 0 Å². The Kier molecular flexibility index (Phi) is 2.51. The molecule has 3 heteroatoms. The number of hydrogen-bond acceptors (Lipinski definition) is 1. The first-order chi connectivity index (χ1) is 9.84. The van der Waals surface area contributed by atoms with Crippen molar-refractivity contribution >= 4 is 33.4 Å². The van der Waals surface area contributed by atoms with E-state index in [1.807, 2.05) is 24.3 Å². The zero-order valence-electron chi connectivity index (χ0n) is 10.6. The lowest BCUT2D eigenvalue weighted by Gasteiger charge is -2.05. The molecular formula is C17H11ClN2. The van der Waals surface area contributed by atoms with Crippen molar-refractivity contribution in [1.82, 2.24) is 9.97 Å². The molecule has 2 heterocycles. The summed E-state index contributed by atoms with van der Waals surface area (Å²) in [6.07, 6.45) is 1.71. The lowest BCUT2D eigenvalue weighted by atomic mass is 10.0. The summed E-state index contributed by atoms with van der Waals surface area (Å²) in [5, 5.41) is 2.93. The normalized spacial score (nSPS) is 11.2. The first-order valence-corrected chi connectivity index (χ1v) is 6.83. The predicted octanol–water partition coefficient (Wildman–Crippen LogP) is 5.04. The van der Waals surface area contributed by atoms with Gasteiger partial charge >= 0.3 is 0 Å². The number of fused-ring (bicyclic) bond motifs is 3. The van der Waals surface area contributed by atoms with Crippen LogP contribution in [0.4, 0.5) is 0 Å². The summed E-state index contributed by atoms with van der Waals surface area (Å²) in [5.41, 5.74) is 4.32. The molecule has 0 unspecified atom stereocenters. The number of nitrogens with zero attached hydrogens (tertiary/aromatic N) is 1. The van der Waals surface area contributed by atoms with Crippen LogP contribution in [-0.4, -0.2) is 9.97 Å². The molecule has 0 atom stereocenters. The molecule has 20 heavy (non-hydrogen) atoms. The van der Waals surface area contributed by atoms with Crippen LogP contribution >= 0.6 is 11.6 Å². The molecule has 0 spiro atoms. The Labute approximate surface area is 121 Å². The predicted molar refractivity (Wildman–Crippen MR) is 84.0 cm³/mol. The van der Waals surface area contributed by atoms with Crippen LogP contribution in [0.1, 0.15) is 0 Å². The third-order valence-corrected chi connectivity index (χ3v) is 3.88. The van der Waals surface area contributed by atoms with Gasteiger partial charge in [-0.05, 0) is 29.8 Å². The van der Waals surface area contributed by atoms with Crippen LogP contribution in [0.25, 0.3) is 32.9 Å². The lowest BCUT2D eigenvalue weighted by molar-refractivity contribution is 1.33. The summed E-state index contributed by atoms with van der Waals surface area (Å²) < 4.78 is 0. The van der Waals surface area contributed by atoms with Gasteiger partial charge in [0.25, 0.3) is 0 Å². The van der Waals surface area contributed by atoms with Crippen LogP contribution in [0.15, 0.2) is 60.8 Å². The van der Waals surface area contributed by atoms with Gasteiger partial charge in [-0.25, -0.2) is 4.98 Å². The van der Waals surface area contributed by atoms with Gasteiger partial charge in [-0.1, -0.05) is 41.9 Å². The fourth-order valence-corrected chi connectivity index (χ4v) is 2.93. The summed E-state index contributed by atoms with van der Waals surface area (Å²) in [5.74, 6) is 0. The van der Waals surface area contributed by atoms with Crippen molar-refractivity contribution < 1.29 is 0 Å². The zero-order chi connectivity index (χ0) is 13.5. The Morgan fingerprint density at radius 2 is 1.60 bits per heavy atom. The fourth-order valence-electron chi connectivity index (χ4n) is 2.71. The molecule has 0 aliphatic carbocycles. The number of halogens is 1. The van der Waals surface area contributed by atoms with E-state index in [1.54, 1.807) is 6.20 Å². The third kappa shape index (κ3) is 1.62. The topological polar surface area (TPSA) is 28.7 Å². The molecule has 96 valence electrons. The number of H-pyrrole nitrogens is 1. The highest BCUT2D eigenvalue weighted by Crippen LogP contribution is 2.36. The van der Waals surface area contributed by atoms with E-state index in [2.05, 4.69) is 40.3 Å². The standard InChI is InChI=1S/C17H11ClN2/c18-17-12(7-4-10-19-17)11-6-3-9-15-16(11)13-5-1-2-8-14(13)20-15/h1-10,20H. The Balaban J connectivity index is 2.17. The van der Waals surface area contributed by atoms with Crippen LogP contribution in [0.5, 0.6) is 0 Å². The maximum atomic E-state index is 6.26. The molecule has 1 N–H and O–H groups in total.